The van der Waals surface area contributed by atoms with Gasteiger partial charge in [-0.05, 0) is 131 Å². The second-order valence-electron chi connectivity index (χ2n) is 13.0. The molecule has 0 heterocycles. The maximum Gasteiger partial charge on any atom is 0.336 e. The van der Waals surface area contributed by atoms with Gasteiger partial charge in [0.2, 0.25) is 0 Å². The Morgan fingerprint density at radius 3 is 2.11 bits per heavy atom. The molecule has 1 unspecified atom stereocenters. The highest BCUT2D eigenvalue weighted by molar-refractivity contribution is 5.85. The van der Waals surface area contributed by atoms with Gasteiger partial charge >= 0.3 is 11.9 Å². The molecule has 0 saturated carbocycles. The summed E-state index contributed by atoms with van der Waals surface area (Å²) in [6.45, 7) is 18.4. The Bertz CT molecular complexity index is 1550. The first-order chi connectivity index (χ1) is 21.1. The van der Waals surface area contributed by atoms with Gasteiger partial charge in [0.05, 0.1) is 0 Å². The maximum atomic E-state index is 12.8. The second kappa shape index (κ2) is 15.2. The number of nitrogens with two attached hydrogens (primary N) is 1. The van der Waals surface area contributed by atoms with E-state index in [4.69, 9.17) is 20.3 Å². The summed E-state index contributed by atoms with van der Waals surface area (Å²) in [6.07, 6.45) is 15.7. The molecule has 240 valence electrons. The van der Waals surface area contributed by atoms with Crippen LogP contribution in [0.5, 0.6) is 17.2 Å². The molecule has 0 aromatic heterocycles. The molecular formula is C39H49NO5. The molecule has 0 amide bonds. The largest absolute Gasteiger partial charge is 0.480 e. The van der Waals surface area contributed by atoms with Gasteiger partial charge in [0.15, 0.2) is 0 Å². The van der Waals surface area contributed by atoms with Crippen molar-refractivity contribution in [2.45, 2.75) is 94.0 Å². The van der Waals surface area contributed by atoms with Crippen molar-refractivity contribution in [2.24, 2.45) is 11.1 Å². The number of aryl methyl sites for hydroxylation is 4. The number of esters is 1. The van der Waals surface area contributed by atoms with E-state index in [9.17, 15) is 9.59 Å². The summed E-state index contributed by atoms with van der Waals surface area (Å²) in [7, 11) is 0. The summed E-state index contributed by atoms with van der Waals surface area (Å²) < 4.78 is 12.0. The average molecular weight is 612 g/mol. The first kappa shape index (κ1) is 35.3. The van der Waals surface area contributed by atoms with Crippen molar-refractivity contribution in [3.63, 3.8) is 0 Å². The molecule has 2 aromatic rings. The third-order valence-electron chi connectivity index (χ3n) is 8.27. The van der Waals surface area contributed by atoms with Gasteiger partial charge in [0, 0.05) is 6.08 Å². The smallest absolute Gasteiger partial charge is 0.336 e. The SMILES string of the molecule is CC1=C(/C=C/C(C)=C/C=C/C(C)=C/C(=O)Oc2c(C)cc(Oc3c(C)cc(CC(N)C(=O)O)cc3C)cc2C)C(C)(C)CCC1. The third kappa shape index (κ3) is 9.92. The molecule has 0 fully saturated rings. The fourth-order valence-electron chi connectivity index (χ4n) is 5.90. The molecule has 1 aliphatic rings. The van der Waals surface area contributed by atoms with E-state index in [2.05, 4.69) is 39.8 Å². The summed E-state index contributed by atoms with van der Waals surface area (Å²) in [6, 6.07) is 6.52. The third-order valence-corrected chi connectivity index (χ3v) is 8.27. The van der Waals surface area contributed by atoms with E-state index in [1.807, 2.05) is 77.1 Å². The molecule has 6 nitrogen and oxygen atoms in total. The van der Waals surface area contributed by atoms with Crippen molar-refractivity contribution in [1.82, 2.24) is 0 Å². The van der Waals surface area contributed by atoms with Crippen molar-refractivity contribution in [2.75, 3.05) is 0 Å². The number of carbonyl (C=O) groups is 2. The van der Waals surface area contributed by atoms with Gasteiger partial charge in [-0.15, -0.1) is 0 Å². The first-order valence-corrected chi connectivity index (χ1v) is 15.6. The fourth-order valence-corrected chi connectivity index (χ4v) is 5.90. The van der Waals surface area contributed by atoms with Crippen molar-refractivity contribution in [1.29, 1.82) is 0 Å². The Morgan fingerprint density at radius 2 is 1.53 bits per heavy atom. The Hall–Kier alpha value is -4.16. The summed E-state index contributed by atoms with van der Waals surface area (Å²) >= 11 is 0. The van der Waals surface area contributed by atoms with Crippen LogP contribution in [0.3, 0.4) is 0 Å². The zero-order valence-electron chi connectivity index (χ0n) is 28.3. The Kier molecular flexibility index (Phi) is 11.9. The second-order valence-corrected chi connectivity index (χ2v) is 13.0. The zero-order chi connectivity index (χ0) is 33.5. The standard InChI is InChI=1S/C39H49NO5/c1-24(15-16-33-26(3)14-11-17-39(33,8)9)12-10-13-25(2)18-35(41)45-37-29(6)21-32(22-30(37)7)44-36-27(4)19-31(20-28(36)5)23-34(40)38(42)43/h10,12-13,15-16,18-22,34H,11,14,17,23,40H2,1-9H3,(H,42,43)/b13-10+,16-15+,24-12+,25-18+. The topological polar surface area (TPSA) is 98.9 Å². The molecule has 6 heteroatoms. The lowest BCUT2D eigenvalue weighted by Crippen LogP contribution is -2.32. The summed E-state index contributed by atoms with van der Waals surface area (Å²) in [5.74, 6) is 0.346. The predicted molar refractivity (Wildman–Crippen MR) is 183 cm³/mol. The Morgan fingerprint density at radius 1 is 0.933 bits per heavy atom. The number of rotatable bonds is 11. The Labute approximate surface area is 269 Å². The molecule has 0 radical (unpaired) electrons. The molecule has 3 rings (SSSR count). The highest BCUT2D eigenvalue weighted by Crippen LogP contribution is 2.41. The number of carbonyl (C=O) groups excluding carboxylic acids is 1. The lowest BCUT2D eigenvalue weighted by atomic mass is 9.72. The van der Waals surface area contributed by atoms with E-state index < -0.39 is 18.0 Å². The number of ether oxygens (including phenoxy) is 2. The molecule has 45 heavy (non-hydrogen) atoms. The van der Waals surface area contributed by atoms with E-state index in [0.717, 1.165) is 39.0 Å². The van der Waals surface area contributed by atoms with E-state index in [-0.39, 0.29) is 11.8 Å². The molecule has 3 N–H and O–H groups in total. The molecule has 1 atom stereocenters. The minimum absolute atomic E-state index is 0.213. The van der Waals surface area contributed by atoms with Crippen LogP contribution in [0, 0.1) is 33.1 Å². The molecule has 1 aliphatic carbocycles. The summed E-state index contributed by atoms with van der Waals surface area (Å²) in [5.41, 5.74) is 14.9. The van der Waals surface area contributed by atoms with Crippen LogP contribution in [-0.2, 0) is 16.0 Å². The molecule has 0 saturated heterocycles. The van der Waals surface area contributed by atoms with Crippen LogP contribution < -0.4 is 15.2 Å². The van der Waals surface area contributed by atoms with E-state index in [0.29, 0.717) is 17.2 Å². The normalized spacial score (nSPS) is 16.4. The van der Waals surface area contributed by atoms with E-state index >= 15 is 0 Å². The van der Waals surface area contributed by atoms with E-state index in [1.54, 1.807) is 0 Å². The van der Waals surface area contributed by atoms with Gasteiger partial charge in [-0.3, -0.25) is 4.79 Å². The van der Waals surface area contributed by atoms with Crippen LogP contribution in [0.2, 0.25) is 0 Å². The highest BCUT2D eigenvalue weighted by Gasteiger charge is 2.26. The van der Waals surface area contributed by atoms with Crippen molar-refractivity contribution >= 4 is 11.9 Å². The van der Waals surface area contributed by atoms with Crippen LogP contribution >= 0.6 is 0 Å². The average Bonchev–Trinajstić information content (AvgIpc) is 2.92. The lowest BCUT2D eigenvalue weighted by molar-refractivity contribution is -0.138. The number of aliphatic carboxylic acids is 1. The van der Waals surface area contributed by atoms with Crippen molar-refractivity contribution < 1.29 is 24.2 Å². The summed E-state index contributed by atoms with van der Waals surface area (Å²) in [5, 5.41) is 9.13. The number of carboxylic acids is 1. The number of hydrogen-bond acceptors (Lipinski definition) is 5. The van der Waals surface area contributed by atoms with Crippen molar-refractivity contribution in [3.05, 3.63) is 111 Å². The quantitative estimate of drug-likeness (QED) is 0.114. The number of allylic oxidation sites excluding steroid dienone is 9. The molecule has 0 spiro atoms. The molecule has 2 aromatic carbocycles. The Balaban J connectivity index is 1.66. The minimum atomic E-state index is -1.03. The van der Waals surface area contributed by atoms with Crippen LogP contribution in [0.4, 0.5) is 0 Å². The van der Waals surface area contributed by atoms with Crippen LogP contribution in [0.25, 0.3) is 0 Å². The number of hydrogen-bond donors (Lipinski definition) is 2. The fraction of sp³-hybridized carbons (Fsp3) is 0.385. The van der Waals surface area contributed by atoms with Gasteiger partial charge in [0.1, 0.15) is 23.3 Å². The van der Waals surface area contributed by atoms with E-state index in [1.165, 1.54) is 36.5 Å². The van der Waals surface area contributed by atoms with Crippen LogP contribution in [-0.4, -0.2) is 23.1 Å². The highest BCUT2D eigenvalue weighted by atomic mass is 16.5. The van der Waals surface area contributed by atoms with Gasteiger partial charge in [-0.2, -0.15) is 0 Å². The molecule has 0 aliphatic heterocycles. The number of carboxylic acid groups (broad SMARTS) is 1. The first-order valence-electron chi connectivity index (χ1n) is 15.6. The van der Waals surface area contributed by atoms with Gasteiger partial charge in [-0.1, -0.05) is 67.5 Å². The summed E-state index contributed by atoms with van der Waals surface area (Å²) in [4.78, 5) is 23.9. The molecular weight excluding hydrogens is 562 g/mol. The van der Waals surface area contributed by atoms with Gasteiger partial charge in [-0.25, -0.2) is 4.79 Å². The maximum absolute atomic E-state index is 12.8. The lowest BCUT2D eigenvalue weighted by Gasteiger charge is -2.32. The number of benzene rings is 2. The predicted octanol–water partition coefficient (Wildman–Crippen LogP) is 9.10. The monoisotopic (exact) mass is 611 g/mol. The zero-order valence-corrected chi connectivity index (χ0v) is 28.3. The van der Waals surface area contributed by atoms with Crippen LogP contribution in [0.1, 0.15) is 81.7 Å². The minimum Gasteiger partial charge on any atom is -0.480 e. The van der Waals surface area contributed by atoms with Gasteiger partial charge < -0.3 is 20.3 Å². The van der Waals surface area contributed by atoms with Crippen molar-refractivity contribution in [3.8, 4) is 17.2 Å². The van der Waals surface area contributed by atoms with Crippen LogP contribution in [0.15, 0.2) is 83.0 Å². The molecule has 0 bridgehead atoms. The van der Waals surface area contributed by atoms with Gasteiger partial charge in [0.25, 0.3) is 0 Å².